The van der Waals surface area contributed by atoms with E-state index in [2.05, 4.69) is 5.32 Å². The minimum Gasteiger partial charge on any atom is -0.480 e. The van der Waals surface area contributed by atoms with E-state index >= 15 is 0 Å². The zero-order valence-electron chi connectivity index (χ0n) is 10.4. The predicted octanol–water partition coefficient (Wildman–Crippen LogP) is 0.587. The van der Waals surface area contributed by atoms with E-state index in [1.807, 2.05) is 20.8 Å². The molecule has 0 spiro atoms. The Morgan fingerprint density at radius 1 is 1.38 bits per heavy atom. The summed E-state index contributed by atoms with van der Waals surface area (Å²) < 4.78 is 0. The second-order valence-corrected chi connectivity index (χ2v) is 5.27. The Hall–Kier alpha value is -1.10. The Bertz CT molecular complexity index is 258. The van der Waals surface area contributed by atoms with Crippen molar-refractivity contribution in [3.05, 3.63) is 0 Å². The molecular formula is C11H22N2O3. The van der Waals surface area contributed by atoms with Crippen LogP contribution in [0.4, 0.5) is 0 Å². The summed E-state index contributed by atoms with van der Waals surface area (Å²) in [4.78, 5) is 22.3. The summed E-state index contributed by atoms with van der Waals surface area (Å²) in [6.07, 6.45) is 0.641. The van der Waals surface area contributed by atoms with Gasteiger partial charge in [0.25, 0.3) is 0 Å². The van der Waals surface area contributed by atoms with Crippen molar-refractivity contribution in [1.29, 1.82) is 0 Å². The highest BCUT2D eigenvalue weighted by Crippen LogP contribution is 2.24. The highest BCUT2D eigenvalue weighted by molar-refractivity contribution is 5.84. The first-order valence-electron chi connectivity index (χ1n) is 5.40. The number of aliphatic carboxylic acids is 1. The van der Waals surface area contributed by atoms with Gasteiger partial charge in [-0.2, -0.15) is 0 Å². The monoisotopic (exact) mass is 230 g/mol. The number of hydrogen-bond acceptors (Lipinski definition) is 3. The van der Waals surface area contributed by atoms with Crippen LogP contribution in [-0.4, -0.2) is 29.6 Å². The quantitative estimate of drug-likeness (QED) is 0.644. The van der Waals surface area contributed by atoms with Crippen molar-refractivity contribution in [2.24, 2.45) is 17.1 Å². The van der Waals surface area contributed by atoms with Crippen molar-refractivity contribution in [2.75, 3.05) is 6.54 Å². The third kappa shape index (κ3) is 5.70. The SMILES string of the molecule is CC(NC(=O)C(CN)CC(C)(C)C)C(=O)O. The van der Waals surface area contributed by atoms with Crippen LogP contribution in [0, 0.1) is 11.3 Å². The number of nitrogens with two attached hydrogens (primary N) is 1. The molecule has 16 heavy (non-hydrogen) atoms. The summed E-state index contributed by atoms with van der Waals surface area (Å²) in [5.74, 6) is -1.66. The van der Waals surface area contributed by atoms with E-state index in [-0.39, 0.29) is 23.8 Å². The van der Waals surface area contributed by atoms with Gasteiger partial charge in [-0.1, -0.05) is 20.8 Å². The zero-order valence-corrected chi connectivity index (χ0v) is 10.4. The van der Waals surface area contributed by atoms with Crippen LogP contribution in [0.1, 0.15) is 34.1 Å². The number of carboxylic acids is 1. The summed E-state index contributed by atoms with van der Waals surface area (Å²) >= 11 is 0. The van der Waals surface area contributed by atoms with Gasteiger partial charge in [-0.3, -0.25) is 9.59 Å². The molecule has 0 aromatic rings. The summed E-state index contributed by atoms with van der Waals surface area (Å²) in [7, 11) is 0. The van der Waals surface area contributed by atoms with Gasteiger partial charge < -0.3 is 16.2 Å². The molecular weight excluding hydrogens is 208 g/mol. The third-order valence-electron chi connectivity index (χ3n) is 2.24. The smallest absolute Gasteiger partial charge is 0.325 e. The molecule has 0 aromatic heterocycles. The van der Waals surface area contributed by atoms with Gasteiger partial charge in [0.15, 0.2) is 0 Å². The lowest BCUT2D eigenvalue weighted by molar-refractivity contribution is -0.142. The van der Waals surface area contributed by atoms with Gasteiger partial charge in [-0.15, -0.1) is 0 Å². The van der Waals surface area contributed by atoms with Gasteiger partial charge in [0.05, 0.1) is 5.92 Å². The van der Waals surface area contributed by atoms with Crippen molar-refractivity contribution < 1.29 is 14.7 Å². The first-order valence-corrected chi connectivity index (χ1v) is 5.40. The van der Waals surface area contributed by atoms with Crippen LogP contribution in [0.25, 0.3) is 0 Å². The molecule has 0 bridgehead atoms. The summed E-state index contributed by atoms with van der Waals surface area (Å²) in [5.41, 5.74) is 5.52. The van der Waals surface area contributed by atoms with Crippen LogP contribution < -0.4 is 11.1 Å². The lowest BCUT2D eigenvalue weighted by Gasteiger charge is -2.25. The molecule has 0 aliphatic heterocycles. The second kappa shape index (κ2) is 5.84. The number of amides is 1. The average Bonchev–Trinajstić information content (AvgIpc) is 2.12. The molecule has 0 heterocycles. The Labute approximate surface area is 96.4 Å². The summed E-state index contributed by atoms with van der Waals surface area (Å²) in [6, 6.07) is -0.874. The Balaban J connectivity index is 4.38. The molecule has 0 aliphatic carbocycles. The zero-order chi connectivity index (χ0) is 12.9. The predicted molar refractivity (Wildman–Crippen MR) is 61.9 cm³/mol. The maximum absolute atomic E-state index is 11.7. The molecule has 4 N–H and O–H groups in total. The van der Waals surface area contributed by atoms with Gasteiger partial charge in [0, 0.05) is 6.54 Å². The number of rotatable bonds is 5. The molecule has 94 valence electrons. The van der Waals surface area contributed by atoms with Crippen LogP contribution >= 0.6 is 0 Å². The van der Waals surface area contributed by atoms with Crippen LogP contribution in [0.15, 0.2) is 0 Å². The van der Waals surface area contributed by atoms with E-state index in [1.54, 1.807) is 0 Å². The highest BCUT2D eigenvalue weighted by Gasteiger charge is 2.25. The lowest BCUT2D eigenvalue weighted by Crippen LogP contribution is -2.44. The normalized spacial score (nSPS) is 15.3. The summed E-state index contributed by atoms with van der Waals surface area (Å²) in [5, 5.41) is 11.1. The van der Waals surface area contributed by atoms with Gasteiger partial charge in [0.1, 0.15) is 6.04 Å². The molecule has 0 aromatic carbocycles. The van der Waals surface area contributed by atoms with E-state index in [9.17, 15) is 9.59 Å². The molecule has 2 unspecified atom stereocenters. The van der Waals surface area contributed by atoms with E-state index in [1.165, 1.54) is 6.92 Å². The Morgan fingerprint density at radius 3 is 2.19 bits per heavy atom. The van der Waals surface area contributed by atoms with E-state index in [0.29, 0.717) is 6.42 Å². The number of carbonyl (C=O) groups is 2. The number of hydrogen-bond donors (Lipinski definition) is 3. The van der Waals surface area contributed by atoms with Gasteiger partial charge in [-0.05, 0) is 18.8 Å². The standard InChI is InChI=1S/C11H22N2O3/c1-7(10(15)16)13-9(14)8(6-12)5-11(2,3)4/h7-8H,5-6,12H2,1-4H3,(H,13,14)(H,15,16). The van der Waals surface area contributed by atoms with Crippen molar-refractivity contribution in [3.8, 4) is 0 Å². The van der Waals surface area contributed by atoms with E-state index < -0.39 is 12.0 Å². The first kappa shape index (κ1) is 14.9. The van der Waals surface area contributed by atoms with Gasteiger partial charge in [-0.25, -0.2) is 0 Å². The average molecular weight is 230 g/mol. The lowest BCUT2D eigenvalue weighted by atomic mass is 9.84. The fourth-order valence-corrected chi connectivity index (χ4v) is 1.42. The maximum Gasteiger partial charge on any atom is 0.325 e. The molecule has 0 rings (SSSR count). The highest BCUT2D eigenvalue weighted by atomic mass is 16.4. The molecule has 2 atom stereocenters. The Kier molecular flexibility index (Phi) is 5.44. The number of carboxylic acid groups (broad SMARTS) is 1. The van der Waals surface area contributed by atoms with E-state index in [0.717, 1.165) is 0 Å². The van der Waals surface area contributed by atoms with Crippen molar-refractivity contribution in [2.45, 2.75) is 40.2 Å². The Morgan fingerprint density at radius 2 is 1.88 bits per heavy atom. The molecule has 5 nitrogen and oxygen atoms in total. The molecule has 0 saturated carbocycles. The first-order chi connectivity index (χ1) is 7.17. The molecule has 0 saturated heterocycles. The second-order valence-electron chi connectivity index (χ2n) is 5.27. The molecule has 0 fully saturated rings. The number of carbonyl (C=O) groups excluding carboxylic acids is 1. The minimum absolute atomic E-state index is 0.00611. The summed E-state index contributed by atoms with van der Waals surface area (Å²) in [6.45, 7) is 7.72. The van der Waals surface area contributed by atoms with Gasteiger partial charge in [0.2, 0.25) is 5.91 Å². The van der Waals surface area contributed by atoms with Crippen LogP contribution in [0.2, 0.25) is 0 Å². The molecule has 5 heteroatoms. The minimum atomic E-state index is -1.04. The van der Waals surface area contributed by atoms with E-state index in [4.69, 9.17) is 10.8 Å². The van der Waals surface area contributed by atoms with Crippen LogP contribution in [0.3, 0.4) is 0 Å². The van der Waals surface area contributed by atoms with Crippen molar-refractivity contribution in [3.63, 3.8) is 0 Å². The van der Waals surface area contributed by atoms with Crippen LogP contribution in [-0.2, 0) is 9.59 Å². The van der Waals surface area contributed by atoms with Crippen LogP contribution in [0.5, 0.6) is 0 Å². The molecule has 0 radical (unpaired) electrons. The largest absolute Gasteiger partial charge is 0.480 e. The topological polar surface area (TPSA) is 92.4 Å². The molecule has 1 amide bonds. The van der Waals surface area contributed by atoms with Gasteiger partial charge >= 0.3 is 5.97 Å². The van der Waals surface area contributed by atoms with Crippen molar-refractivity contribution >= 4 is 11.9 Å². The fourth-order valence-electron chi connectivity index (χ4n) is 1.42. The molecule has 0 aliphatic rings. The third-order valence-corrected chi connectivity index (χ3v) is 2.24. The number of nitrogens with one attached hydrogen (secondary N) is 1. The maximum atomic E-state index is 11.7. The fraction of sp³-hybridized carbons (Fsp3) is 0.818. The van der Waals surface area contributed by atoms with Crippen molar-refractivity contribution in [1.82, 2.24) is 5.32 Å².